The van der Waals surface area contributed by atoms with Gasteiger partial charge in [0, 0.05) is 30.7 Å². The summed E-state index contributed by atoms with van der Waals surface area (Å²) >= 11 is 0. The zero-order chi connectivity index (χ0) is 16.1. The van der Waals surface area contributed by atoms with Gasteiger partial charge < -0.3 is 20.5 Å². The predicted molar refractivity (Wildman–Crippen MR) is 87.3 cm³/mol. The Labute approximate surface area is 134 Å². The van der Waals surface area contributed by atoms with Crippen molar-refractivity contribution in [3.63, 3.8) is 0 Å². The topological polar surface area (TPSA) is 83.5 Å². The van der Waals surface area contributed by atoms with Crippen LogP contribution in [0.25, 0.3) is 10.8 Å². The molecule has 3 N–H and O–H groups in total. The van der Waals surface area contributed by atoms with Crippen molar-refractivity contribution >= 4 is 16.7 Å². The molecule has 2 aromatic rings. The van der Waals surface area contributed by atoms with Crippen LogP contribution in [0.1, 0.15) is 12.8 Å². The fourth-order valence-electron chi connectivity index (χ4n) is 2.82. The minimum absolute atomic E-state index is 0.000383. The van der Waals surface area contributed by atoms with Gasteiger partial charge in [-0.2, -0.15) is 0 Å². The normalized spacial score (nSPS) is 21.1. The van der Waals surface area contributed by atoms with E-state index in [-0.39, 0.29) is 31.2 Å². The van der Waals surface area contributed by atoms with E-state index in [1.165, 1.54) is 0 Å². The predicted octanol–water partition coefficient (Wildman–Crippen LogP) is 0.843. The number of rotatable bonds is 5. The maximum atomic E-state index is 12.0. The first-order valence-electron chi connectivity index (χ1n) is 7.88. The average molecular weight is 315 g/mol. The van der Waals surface area contributed by atoms with Crippen molar-refractivity contribution < 1.29 is 14.6 Å². The van der Waals surface area contributed by atoms with Crippen LogP contribution in [-0.4, -0.2) is 47.8 Å². The number of nitrogens with one attached hydrogen (secondary N) is 2. The van der Waals surface area contributed by atoms with Gasteiger partial charge >= 0.3 is 0 Å². The number of aromatic nitrogens is 1. The maximum absolute atomic E-state index is 12.0. The third kappa shape index (κ3) is 3.97. The molecule has 1 amide bonds. The molecule has 122 valence electrons. The lowest BCUT2D eigenvalue weighted by Gasteiger charge is -2.30. The van der Waals surface area contributed by atoms with Crippen LogP contribution < -0.4 is 15.4 Å². The van der Waals surface area contributed by atoms with Crippen molar-refractivity contribution in [2.45, 2.75) is 25.0 Å². The van der Waals surface area contributed by atoms with Crippen LogP contribution in [0.4, 0.5) is 0 Å². The molecule has 1 aliphatic rings. The lowest BCUT2D eigenvalue weighted by Crippen LogP contribution is -2.51. The van der Waals surface area contributed by atoms with Crippen molar-refractivity contribution in [1.82, 2.24) is 15.6 Å². The molecule has 0 saturated carbocycles. The Balaban J connectivity index is 1.63. The maximum Gasteiger partial charge on any atom is 0.237 e. The van der Waals surface area contributed by atoms with Gasteiger partial charge in [-0.05, 0) is 42.6 Å². The van der Waals surface area contributed by atoms with Crippen LogP contribution in [0.5, 0.6) is 5.75 Å². The lowest BCUT2D eigenvalue weighted by atomic mass is 10.0. The van der Waals surface area contributed by atoms with E-state index in [2.05, 4.69) is 15.6 Å². The largest absolute Gasteiger partial charge is 0.490 e. The Bertz CT molecular complexity index is 677. The Hall–Kier alpha value is -2.18. The van der Waals surface area contributed by atoms with Crippen molar-refractivity contribution in [3.8, 4) is 5.75 Å². The molecule has 1 aromatic carbocycles. The Morgan fingerprint density at radius 1 is 1.39 bits per heavy atom. The van der Waals surface area contributed by atoms with Gasteiger partial charge in [0.2, 0.25) is 5.91 Å². The number of pyridine rings is 1. The van der Waals surface area contributed by atoms with E-state index in [1.54, 1.807) is 6.20 Å². The number of aliphatic hydroxyl groups is 1. The Morgan fingerprint density at radius 2 is 2.30 bits per heavy atom. The summed E-state index contributed by atoms with van der Waals surface area (Å²) in [4.78, 5) is 16.1. The van der Waals surface area contributed by atoms with Gasteiger partial charge in [0.1, 0.15) is 11.9 Å². The molecule has 23 heavy (non-hydrogen) atoms. The van der Waals surface area contributed by atoms with Crippen LogP contribution in [0, 0.1) is 0 Å². The molecule has 1 saturated heterocycles. The van der Waals surface area contributed by atoms with E-state index in [9.17, 15) is 4.79 Å². The van der Waals surface area contributed by atoms with E-state index in [0.29, 0.717) is 6.42 Å². The highest BCUT2D eigenvalue weighted by Gasteiger charge is 2.27. The molecule has 1 fully saturated rings. The quantitative estimate of drug-likeness (QED) is 0.762. The number of hydrogen-bond donors (Lipinski definition) is 3. The van der Waals surface area contributed by atoms with Gasteiger partial charge in [-0.15, -0.1) is 0 Å². The molecule has 0 radical (unpaired) electrons. The zero-order valence-electron chi connectivity index (χ0n) is 12.9. The van der Waals surface area contributed by atoms with Gasteiger partial charge in [0.05, 0.1) is 12.6 Å². The van der Waals surface area contributed by atoms with Gasteiger partial charge in [-0.3, -0.25) is 9.78 Å². The van der Waals surface area contributed by atoms with Gasteiger partial charge in [-0.1, -0.05) is 0 Å². The third-order valence-electron chi connectivity index (χ3n) is 4.00. The lowest BCUT2D eigenvalue weighted by molar-refractivity contribution is -0.124. The number of hydrogen-bond acceptors (Lipinski definition) is 5. The second kappa shape index (κ2) is 7.39. The molecule has 0 aliphatic carbocycles. The number of aliphatic hydroxyl groups excluding tert-OH is 1. The number of carbonyl (C=O) groups excluding carboxylic acids is 1. The Kier molecular flexibility index (Phi) is 5.05. The Morgan fingerprint density at radius 3 is 3.17 bits per heavy atom. The number of benzene rings is 1. The van der Waals surface area contributed by atoms with Crippen LogP contribution in [0.2, 0.25) is 0 Å². The number of ether oxygens (including phenoxy) is 1. The minimum Gasteiger partial charge on any atom is -0.490 e. The van der Waals surface area contributed by atoms with Crippen molar-refractivity contribution in [3.05, 3.63) is 36.7 Å². The molecule has 0 bridgehead atoms. The summed E-state index contributed by atoms with van der Waals surface area (Å²) in [6.45, 7) is 0.963. The second-order valence-electron chi connectivity index (χ2n) is 5.67. The van der Waals surface area contributed by atoms with Crippen molar-refractivity contribution in [1.29, 1.82) is 0 Å². The molecule has 0 unspecified atom stereocenters. The number of piperidine rings is 1. The van der Waals surface area contributed by atoms with Crippen LogP contribution in [-0.2, 0) is 4.79 Å². The second-order valence-corrected chi connectivity index (χ2v) is 5.67. The molecule has 6 heteroatoms. The standard InChI is InChI=1S/C17H21N3O3/c21-8-7-20-17(22)16-10-15(4-6-19-16)23-14-2-1-13-11-18-5-3-12(13)9-14/h1-3,5,9,11,15-16,19,21H,4,6-8,10H2,(H,20,22)/t15-,16-/m1/s1. The first-order chi connectivity index (χ1) is 11.3. The fraction of sp³-hybridized carbons (Fsp3) is 0.412. The number of carbonyl (C=O) groups is 1. The summed E-state index contributed by atoms with van der Waals surface area (Å²) in [5.74, 6) is 0.724. The number of nitrogens with zero attached hydrogens (tertiary/aromatic N) is 1. The van der Waals surface area contributed by atoms with Crippen LogP contribution in [0.3, 0.4) is 0 Å². The van der Waals surface area contributed by atoms with Gasteiger partial charge in [0.25, 0.3) is 0 Å². The smallest absolute Gasteiger partial charge is 0.237 e. The van der Waals surface area contributed by atoms with Crippen LogP contribution in [0.15, 0.2) is 36.7 Å². The molecular weight excluding hydrogens is 294 g/mol. The van der Waals surface area contributed by atoms with Crippen molar-refractivity contribution in [2.75, 3.05) is 19.7 Å². The fourth-order valence-corrected chi connectivity index (χ4v) is 2.82. The summed E-state index contributed by atoms with van der Waals surface area (Å²) in [5.41, 5.74) is 0. The third-order valence-corrected chi connectivity index (χ3v) is 4.00. The molecule has 0 spiro atoms. The van der Waals surface area contributed by atoms with Gasteiger partial charge in [0.15, 0.2) is 0 Å². The summed E-state index contributed by atoms with van der Waals surface area (Å²) < 4.78 is 6.06. The monoisotopic (exact) mass is 315 g/mol. The molecule has 1 aliphatic heterocycles. The van der Waals surface area contributed by atoms with Crippen LogP contribution >= 0.6 is 0 Å². The van der Waals surface area contributed by atoms with E-state index in [0.717, 1.165) is 29.5 Å². The van der Waals surface area contributed by atoms with E-state index < -0.39 is 0 Å². The molecule has 1 aromatic heterocycles. The minimum atomic E-state index is -0.273. The number of fused-ring (bicyclic) bond motifs is 1. The summed E-state index contributed by atoms with van der Waals surface area (Å²) in [7, 11) is 0. The molecule has 6 nitrogen and oxygen atoms in total. The first-order valence-corrected chi connectivity index (χ1v) is 7.88. The molecule has 2 atom stereocenters. The molecule has 2 heterocycles. The van der Waals surface area contributed by atoms with E-state index in [4.69, 9.17) is 9.84 Å². The van der Waals surface area contributed by atoms with Crippen molar-refractivity contribution in [2.24, 2.45) is 0 Å². The van der Waals surface area contributed by atoms with E-state index in [1.807, 2.05) is 30.5 Å². The SMILES string of the molecule is O=C(NCCO)[C@H]1C[C@H](Oc2ccc3cnccc3c2)CCN1. The van der Waals surface area contributed by atoms with Gasteiger partial charge in [-0.25, -0.2) is 0 Å². The molecular formula is C17H21N3O3. The summed E-state index contributed by atoms with van der Waals surface area (Å²) in [6.07, 6.45) is 5.06. The highest BCUT2D eigenvalue weighted by molar-refractivity contribution is 5.83. The zero-order valence-corrected chi connectivity index (χ0v) is 12.9. The summed E-state index contributed by atoms with van der Waals surface area (Å²) in [5, 5.41) is 16.8. The highest BCUT2D eigenvalue weighted by Crippen LogP contribution is 2.23. The summed E-state index contributed by atoms with van der Waals surface area (Å²) in [6, 6.07) is 7.61. The average Bonchev–Trinajstić information content (AvgIpc) is 2.60. The van der Waals surface area contributed by atoms with E-state index >= 15 is 0 Å². The molecule has 3 rings (SSSR count). The number of amides is 1. The first kappa shape index (κ1) is 15.7. The highest BCUT2D eigenvalue weighted by atomic mass is 16.5.